The van der Waals surface area contributed by atoms with Gasteiger partial charge in [-0.1, -0.05) is 67.9 Å². The van der Waals surface area contributed by atoms with Crippen LogP contribution in [0.25, 0.3) is 44.7 Å². The van der Waals surface area contributed by atoms with Crippen molar-refractivity contribution in [3.63, 3.8) is 0 Å². The molecule has 0 aliphatic rings. The number of aromatic nitrogens is 3. The van der Waals surface area contributed by atoms with E-state index in [2.05, 4.69) is 34.7 Å². The van der Waals surface area contributed by atoms with Gasteiger partial charge in [-0.05, 0) is 59.5 Å². The summed E-state index contributed by atoms with van der Waals surface area (Å²) in [6.07, 6.45) is 3.05. The zero-order chi connectivity index (χ0) is 26.1. The number of nitrogens with zero attached hydrogens (tertiary/aromatic N) is 3. The Morgan fingerprint density at radius 3 is 2.42 bits per heavy atom. The van der Waals surface area contributed by atoms with E-state index in [0.717, 1.165) is 63.9 Å². The second-order valence-corrected chi connectivity index (χ2v) is 9.46. The molecule has 2 heterocycles. The SMILES string of the molecule is CCCCc1nc2ccc(-c3nc4ccccc4o3)cc2n1Cc1ccc(-c2ccccc2C(=O)O)cc1. The molecule has 0 saturated carbocycles. The van der Waals surface area contributed by atoms with E-state index >= 15 is 0 Å². The lowest BCUT2D eigenvalue weighted by molar-refractivity contribution is 0.0697. The summed E-state index contributed by atoms with van der Waals surface area (Å²) in [4.78, 5) is 21.3. The highest BCUT2D eigenvalue weighted by Gasteiger charge is 2.16. The molecule has 188 valence electrons. The van der Waals surface area contributed by atoms with Crippen molar-refractivity contribution < 1.29 is 14.3 Å². The molecule has 6 rings (SSSR count). The monoisotopic (exact) mass is 501 g/mol. The second kappa shape index (κ2) is 9.98. The topological polar surface area (TPSA) is 81.2 Å². The third-order valence-electron chi connectivity index (χ3n) is 6.89. The third kappa shape index (κ3) is 4.45. The third-order valence-corrected chi connectivity index (χ3v) is 6.89. The number of para-hydroxylation sites is 2. The number of rotatable bonds is 8. The standard InChI is InChI=1S/C32H27N3O3/c1-2-3-12-30-33-26-18-17-23(31-34-27-10-6-7-11-29(27)38-31)19-28(26)35(30)20-21-13-15-22(16-14-21)24-8-4-5-9-25(24)32(36)37/h4-11,13-19H,2-3,12,20H2,1H3,(H,36,37). The van der Waals surface area contributed by atoms with E-state index in [1.165, 1.54) is 0 Å². The molecule has 2 aromatic heterocycles. The van der Waals surface area contributed by atoms with Gasteiger partial charge in [0.2, 0.25) is 5.89 Å². The number of unbranched alkanes of at least 4 members (excludes halogenated alkanes) is 1. The number of carbonyl (C=O) groups is 1. The molecule has 6 heteroatoms. The minimum atomic E-state index is -0.926. The Morgan fingerprint density at radius 1 is 0.868 bits per heavy atom. The number of carboxylic acid groups (broad SMARTS) is 1. The van der Waals surface area contributed by atoms with Gasteiger partial charge in [-0.3, -0.25) is 0 Å². The molecule has 6 nitrogen and oxygen atoms in total. The molecule has 0 spiro atoms. The van der Waals surface area contributed by atoms with Gasteiger partial charge < -0.3 is 14.1 Å². The second-order valence-electron chi connectivity index (χ2n) is 9.46. The van der Waals surface area contributed by atoms with Gasteiger partial charge >= 0.3 is 5.97 Å². The molecule has 0 unspecified atom stereocenters. The molecule has 4 aromatic carbocycles. The van der Waals surface area contributed by atoms with E-state index in [0.29, 0.717) is 23.6 Å². The first-order chi connectivity index (χ1) is 18.6. The van der Waals surface area contributed by atoms with Gasteiger partial charge in [-0.2, -0.15) is 0 Å². The molecule has 1 N–H and O–H groups in total. The molecule has 0 atom stereocenters. The van der Waals surface area contributed by atoms with Crippen molar-refractivity contribution in [2.24, 2.45) is 0 Å². The first-order valence-corrected chi connectivity index (χ1v) is 12.9. The van der Waals surface area contributed by atoms with Crippen molar-refractivity contribution in [3.8, 4) is 22.6 Å². The van der Waals surface area contributed by atoms with Crippen LogP contribution < -0.4 is 0 Å². The van der Waals surface area contributed by atoms with Gasteiger partial charge in [0.1, 0.15) is 11.3 Å². The summed E-state index contributed by atoms with van der Waals surface area (Å²) in [5, 5.41) is 9.58. The molecule has 0 saturated heterocycles. The van der Waals surface area contributed by atoms with Crippen molar-refractivity contribution in [1.29, 1.82) is 0 Å². The fourth-order valence-corrected chi connectivity index (χ4v) is 4.90. The van der Waals surface area contributed by atoms with Gasteiger partial charge in [0.25, 0.3) is 0 Å². The number of hydrogen-bond donors (Lipinski definition) is 1. The van der Waals surface area contributed by atoms with E-state index in [4.69, 9.17) is 9.40 Å². The molecule has 0 amide bonds. The van der Waals surface area contributed by atoms with Crippen molar-refractivity contribution in [3.05, 3.63) is 108 Å². The molecule has 0 aliphatic carbocycles. The molecular formula is C32H27N3O3. The van der Waals surface area contributed by atoms with Crippen LogP contribution in [-0.4, -0.2) is 25.6 Å². The Bertz CT molecular complexity index is 1730. The summed E-state index contributed by atoms with van der Waals surface area (Å²) in [7, 11) is 0. The Hall–Kier alpha value is -4.71. The van der Waals surface area contributed by atoms with E-state index in [1.54, 1.807) is 12.1 Å². The quantitative estimate of drug-likeness (QED) is 0.232. The lowest BCUT2D eigenvalue weighted by atomic mass is 9.99. The highest BCUT2D eigenvalue weighted by atomic mass is 16.4. The molecule has 6 aromatic rings. The smallest absolute Gasteiger partial charge is 0.336 e. The fourth-order valence-electron chi connectivity index (χ4n) is 4.90. The molecule has 0 aliphatic heterocycles. The maximum Gasteiger partial charge on any atom is 0.336 e. The number of oxazole rings is 1. The molecule has 0 radical (unpaired) electrons. The van der Waals surface area contributed by atoms with Crippen molar-refractivity contribution in [1.82, 2.24) is 14.5 Å². The number of benzene rings is 4. The summed E-state index contributed by atoms with van der Waals surface area (Å²) in [6.45, 7) is 2.85. The molecular weight excluding hydrogens is 474 g/mol. The summed E-state index contributed by atoms with van der Waals surface area (Å²) >= 11 is 0. The van der Waals surface area contributed by atoms with Gasteiger partial charge in [0.15, 0.2) is 5.58 Å². The zero-order valence-corrected chi connectivity index (χ0v) is 21.1. The summed E-state index contributed by atoms with van der Waals surface area (Å²) in [5.74, 6) is 0.721. The minimum absolute atomic E-state index is 0.300. The normalized spacial score (nSPS) is 11.4. The number of aromatic carboxylic acids is 1. The van der Waals surface area contributed by atoms with Gasteiger partial charge in [-0.15, -0.1) is 0 Å². The largest absolute Gasteiger partial charge is 0.478 e. The van der Waals surface area contributed by atoms with Crippen LogP contribution in [0.4, 0.5) is 0 Å². The van der Waals surface area contributed by atoms with Crippen LogP contribution in [-0.2, 0) is 13.0 Å². The van der Waals surface area contributed by atoms with E-state index in [9.17, 15) is 9.90 Å². The van der Waals surface area contributed by atoms with Crippen molar-refractivity contribution >= 4 is 28.1 Å². The molecule has 0 bridgehead atoms. The van der Waals surface area contributed by atoms with Crippen molar-refractivity contribution in [2.75, 3.05) is 0 Å². The number of hydrogen-bond acceptors (Lipinski definition) is 4. The summed E-state index contributed by atoms with van der Waals surface area (Å²) in [5.41, 5.74) is 7.52. The van der Waals surface area contributed by atoms with Crippen LogP contribution in [0.2, 0.25) is 0 Å². The molecule has 0 fully saturated rings. The highest BCUT2D eigenvalue weighted by Crippen LogP contribution is 2.29. The summed E-state index contributed by atoms with van der Waals surface area (Å²) in [6, 6.07) is 29.2. The van der Waals surface area contributed by atoms with E-state index in [-0.39, 0.29) is 0 Å². The number of carboxylic acids is 1. The number of fused-ring (bicyclic) bond motifs is 2. The Labute approximate surface area is 220 Å². The Morgan fingerprint density at radius 2 is 1.63 bits per heavy atom. The first-order valence-electron chi connectivity index (χ1n) is 12.9. The molecule has 38 heavy (non-hydrogen) atoms. The van der Waals surface area contributed by atoms with Crippen molar-refractivity contribution in [2.45, 2.75) is 32.7 Å². The number of imidazole rings is 1. The zero-order valence-electron chi connectivity index (χ0n) is 21.1. The highest BCUT2D eigenvalue weighted by molar-refractivity contribution is 5.96. The maximum absolute atomic E-state index is 11.7. The Balaban J connectivity index is 1.37. The number of aryl methyl sites for hydroxylation is 1. The lowest BCUT2D eigenvalue weighted by Crippen LogP contribution is -2.05. The van der Waals surface area contributed by atoms with Crippen LogP contribution in [0.15, 0.2) is 95.4 Å². The fraction of sp³-hybridized carbons (Fsp3) is 0.156. The first kappa shape index (κ1) is 23.7. The minimum Gasteiger partial charge on any atom is -0.478 e. The lowest BCUT2D eigenvalue weighted by Gasteiger charge is -2.11. The maximum atomic E-state index is 11.7. The Kier molecular flexibility index (Phi) is 6.22. The van der Waals surface area contributed by atoms with E-state index < -0.39 is 5.97 Å². The van der Waals surface area contributed by atoms with Gasteiger partial charge in [-0.25, -0.2) is 14.8 Å². The van der Waals surface area contributed by atoms with Gasteiger partial charge in [0.05, 0.1) is 16.6 Å². The van der Waals surface area contributed by atoms with Crippen LogP contribution in [0.1, 0.15) is 41.5 Å². The predicted molar refractivity (Wildman–Crippen MR) is 149 cm³/mol. The van der Waals surface area contributed by atoms with E-state index in [1.807, 2.05) is 60.7 Å². The average molecular weight is 502 g/mol. The predicted octanol–water partition coefficient (Wildman–Crippen LogP) is 7.60. The van der Waals surface area contributed by atoms with Crippen LogP contribution in [0.3, 0.4) is 0 Å². The summed E-state index contributed by atoms with van der Waals surface area (Å²) < 4.78 is 8.31. The van der Waals surface area contributed by atoms with Crippen LogP contribution in [0.5, 0.6) is 0 Å². The van der Waals surface area contributed by atoms with Crippen LogP contribution >= 0.6 is 0 Å². The van der Waals surface area contributed by atoms with Gasteiger partial charge in [0, 0.05) is 18.5 Å². The van der Waals surface area contributed by atoms with Crippen LogP contribution in [0, 0.1) is 0 Å². The average Bonchev–Trinajstić information content (AvgIpc) is 3.53.